The SMILES string of the molecule is CC[Si](CC)(CC)Cn1cccc1. The number of hydrogen-bond donors (Lipinski definition) is 0. The number of nitrogens with zero attached hydrogens (tertiary/aromatic N) is 1. The summed E-state index contributed by atoms with van der Waals surface area (Å²) in [5.41, 5.74) is 0. The van der Waals surface area contributed by atoms with Crippen molar-refractivity contribution in [2.75, 3.05) is 0 Å². The molecule has 1 aromatic rings. The Morgan fingerprint density at radius 1 is 0.923 bits per heavy atom. The molecule has 0 saturated heterocycles. The molecule has 0 amide bonds. The Labute approximate surface area is 82.8 Å². The Hall–Kier alpha value is -0.503. The van der Waals surface area contributed by atoms with Crippen molar-refractivity contribution < 1.29 is 0 Å². The van der Waals surface area contributed by atoms with Gasteiger partial charge in [-0.1, -0.05) is 38.9 Å². The molecule has 1 rings (SSSR count). The molecule has 0 aliphatic heterocycles. The molecule has 0 atom stereocenters. The van der Waals surface area contributed by atoms with Crippen molar-refractivity contribution in [3.63, 3.8) is 0 Å². The number of hydrogen-bond acceptors (Lipinski definition) is 0. The molecule has 2 heteroatoms. The molecule has 0 aromatic carbocycles. The topological polar surface area (TPSA) is 4.93 Å². The monoisotopic (exact) mass is 195 g/mol. The molecule has 1 aromatic heterocycles. The highest BCUT2D eigenvalue weighted by Gasteiger charge is 2.26. The van der Waals surface area contributed by atoms with Crippen molar-refractivity contribution in [1.82, 2.24) is 4.57 Å². The highest BCUT2D eigenvalue weighted by atomic mass is 28.3. The van der Waals surface area contributed by atoms with Crippen LogP contribution in [0.1, 0.15) is 20.8 Å². The first-order chi connectivity index (χ1) is 6.26. The molecule has 0 aliphatic rings. The molecule has 0 fully saturated rings. The fourth-order valence-corrected chi connectivity index (χ4v) is 5.10. The van der Waals surface area contributed by atoms with Crippen LogP contribution in [0.3, 0.4) is 0 Å². The van der Waals surface area contributed by atoms with Gasteiger partial charge in [-0.05, 0) is 12.1 Å². The van der Waals surface area contributed by atoms with Gasteiger partial charge < -0.3 is 4.57 Å². The maximum atomic E-state index is 2.36. The highest BCUT2D eigenvalue weighted by molar-refractivity contribution is 6.78. The van der Waals surface area contributed by atoms with E-state index in [0.29, 0.717) is 0 Å². The maximum Gasteiger partial charge on any atom is 0.0753 e. The maximum absolute atomic E-state index is 2.36. The summed E-state index contributed by atoms with van der Waals surface area (Å²) in [5.74, 6) is 0. The second-order valence-electron chi connectivity index (χ2n) is 3.92. The average molecular weight is 195 g/mol. The van der Waals surface area contributed by atoms with Crippen LogP contribution < -0.4 is 0 Å². The molecule has 0 aliphatic carbocycles. The molecule has 0 N–H and O–H groups in total. The van der Waals surface area contributed by atoms with E-state index < -0.39 is 8.07 Å². The highest BCUT2D eigenvalue weighted by Crippen LogP contribution is 2.22. The number of aromatic nitrogens is 1. The van der Waals surface area contributed by atoms with Gasteiger partial charge in [-0.2, -0.15) is 0 Å². The Morgan fingerprint density at radius 3 is 1.77 bits per heavy atom. The summed E-state index contributed by atoms with van der Waals surface area (Å²) in [7, 11) is -0.959. The summed E-state index contributed by atoms with van der Waals surface area (Å²) < 4.78 is 2.36. The lowest BCUT2D eigenvalue weighted by atomic mass is 10.7. The average Bonchev–Trinajstić information content (AvgIpc) is 2.67. The molecule has 0 saturated carbocycles. The van der Waals surface area contributed by atoms with Gasteiger partial charge >= 0.3 is 0 Å². The lowest BCUT2D eigenvalue weighted by Gasteiger charge is -2.28. The third-order valence-corrected chi connectivity index (χ3v) is 8.97. The predicted octanol–water partition coefficient (Wildman–Crippen LogP) is 3.54. The van der Waals surface area contributed by atoms with E-state index in [1.807, 2.05) is 0 Å². The normalized spacial score (nSPS) is 11.9. The lowest BCUT2D eigenvalue weighted by Crippen LogP contribution is -2.37. The minimum atomic E-state index is -0.959. The van der Waals surface area contributed by atoms with E-state index in [0.717, 1.165) is 0 Å². The molecule has 0 bridgehead atoms. The van der Waals surface area contributed by atoms with Crippen LogP contribution in [0.2, 0.25) is 18.1 Å². The van der Waals surface area contributed by atoms with Crippen molar-refractivity contribution >= 4 is 8.07 Å². The van der Waals surface area contributed by atoms with Crippen molar-refractivity contribution in [2.24, 2.45) is 0 Å². The molecule has 0 unspecified atom stereocenters. The molecular formula is C11H21NSi. The van der Waals surface area contributed by atoms with Crippen molar-refractivity contribution in [2.45, 2.75) is 45.1 Å². The van der Waals surface area contributed by atoms with Crippen LogP contribution in [0.25, 0.3) is 0 Å². The molecule has 0 radical (unpaired) electrons. The Kier molecular flexibility index (Phi) is 3.79. The molecule has 1 heterocycles. The van der Waals surface area contributed by atoms with Crippen LogP contribution in [0.4, 0.5) is 0 Å². The van der Waals surface area contributed by atoms with Gasteiger partial charge in [0.05, 0.1) is 8.07 Å². The van der Waals surface area contributed by atoms with Crippen LogP contribution in [-0.2, 0) is 6.17 Å². The van der Waals surface area contributed by atoms with Crippen LogP contribution >= 0.6 is 0 Å². The third-order valence-electron chi connectivity index (χ3n) is 3.43. The second-order valence-corrected chi connectivity index (χ2v) is 9.35. The van der Waals surface area contributed by atoms with Gasteiger partial charge in [0.1, 0.15) is 0 Å². The number of rotatable bonds is 5. The summed E-state index contributed by atoms with van der Waals surface area (Å²) in [5, 5.41) is 0. The first-order valence-corrected chi connectivity index (χ1v) is 8.20. The zero-order chi connectivity index (χ0) is 9.73. The quantitative estimate of drug-likeness (QED) is 0.633. The minimum Gasteiger partial charge on any atom is -0.357 e. The van der Waals surface area contributed by atoms with E-state index in [1.54, 1.807) is 0 Å². The van der Waals surface area contributed by atoms with E-state index >= 15 is 0 Å². The molecule has 74 valence electrons. The zero-order valence-electron chi connectivity index (χ0n) is 9.09. The van der Waals surface area contributed by atoms with Gasteiger partial charge in [0.2, 0.25) is 0 Å². The van der Waals surface area contributed by atoms with Gasteiger partial charge in [0.15, 0.2) is 0 Å². The van der Waals surface area contributed by atoms with Crippen LogP contribution in [0.15, 0.2) is 24.5 Å². The Bertz CT molecular complexity index is 216. The Balaban J connectivity index is 2.67. The van der Waals surface area contributed by atoms with Gasteiger partial charge in [-0.15, -0.1) is 0 Å². The Morgan fingerprint density at radius 2 is 1.38 bits per heavy atom. The summed E-state index contributed by atoms with van der Waals surface area (Å²) in [6.45, 7) is 7.09. The van der Waals surface area contributed by atoms with E-state index in [2.05, 4.69) is 49.9 Å². The van der Waals surface area contributed by atoms with Crippen LogP contribution in [-0.4, -0.2) is 12.6 Å². The third kappa shape index (κ3) is 2.47. The van der Waals surface area contributed by atoms with Crippen LogP contribution in [0.5, 0.6) is 0 Å². The zero-order valence-corrected chi connectivity index (χ0v) is 10.1. The van der Waals surface area contributed by atoms with Crippen molar-refractivity contribution in [1.29, 1.82) is 0 Å². The van der Waals surface area contributed by atoms with Gasteiger partial charge in [-0.25, -0.2) is 0 Å². The van der Waals surface area contributed by atoms with Gasteiger partial charge in [0.25, 0.3) is 0 Å². The molecular weight excluding hydrogens is 174 g/mol. The van der Waals surface area contributed by atoms with E-state index in [4.69, 9.17) is 0 Å². The minimum absolute atomic E-state index is 0.959. The van der Waals surface area contributed by atoms with Crippen molar-refractivity contribution in [3.05, 3.63) is 24.5 Å². The fourth-order valence-electron chi connectivity index (χ4n) is 1.95. The summed E-state index contributed by atoms with van der Waals surface area (Å²) in [6.07, 6.45) is 5.70. The summed E-state index contributed by atoms with van der Waals surface area (Å²) in [6, 6.07) is 8.49. The smallest absolute Gasteiger partial charge is 0.0753 e. The van der Waals surface area contributed by atoms with Gasteiger partial charge in [-0.3, -0.25) is 0 Å². The van der Waals surface area contributed by atoms with E-state index in [9.17, 15) is 0 Å². The first kappa shape index (κ1) is 10.6. The fraction of sp³-hybridized carbons (Fsp3) is 0.636. The second kappa shape index (κ2) is 4.65. The lowest BCUT2D eigenvalue weighted by molar-refractivity contribution is 0.834. The largest absolute Gasteiger partial charge is 0.357 e. The van der Waals surface area contributed by atoms with Crippen LogP contribution in [0, 0.1) is 0 Å². The first-order valence-electron chi connectivity index (χ1n) is 5.37. The molecule has 0 spiro atoms. The standard InChI is InChI=1S/C11H21NSi/c1-4-13(5-2,6-3)11-12-9-7-8-10-12/h7-10H,4-6,11H2,1-3H3. The molecule has 13 heavy (non-hydrogen) atoms. The predicted molar refractivity (Wildman–Crippen MR) is 61.6 cm³/mol. The van der Waals surface area contributed by atoms with Crippen molar-refractivity contribution in [3.8, 4) is 0 Å². The van der Waals surface area contributed by atoms with Gasteiger partial charge in [0, 0.05) is 18.6 Å². The molecule has 1 nitrogen and oxygen atoms in total. The van der Waals surface area contributed by atoms with E-state index in [1.165, 1.54) is 24.3 Å². The summed E-state index contributed by atoms with van der Waals surface area (Å²) >= 11 is 0. The summed E-state index contributed by atoms with van der Waals surface area (Å²) in [4.78, 5) is 0. The van der Waals surface area contributed by atoms with E-state index in [-0.39, 0.29) is 0 Å².